The first-order valence-corrected chi connectivity index (χ1v) is 7.51. The zero-order chi connectivity index (χ0) is 13.2. The lowest BCUT2D eigenvalue weighted by atomic mass is 9.93. The van der Waals surface area contributed by atoms with E-state index in [9.17, 15) is 4.39 Å². The SMILES string of the molecule is CC(c1ccccc1F)N(C)C1(CN)CCSC1. The number of rotatable bonds is 4. The average Bonchev–Trinajstić information content (AvgIpc) is 2.87. The summed E-state index contributed by atoms with van der Waals surface area (Å²) in [4.78, 5) is 2.26. The normalized spacial score (nSPS) is 25.6. The Bertz CT molecular complexity index is 405. The van der Waals surface area contributed by atoms with Crippen molar-refractivity contribution in [2.75, 3.05) is 25.1 Å². The molecule has 2 nitrogen and oxygen atoms in total. The molecule has 18 heavy (non-hydrogen) atoms. The third kappa shape index (κ3) is 2.42. The van der Waals surface area contributed by atoms with Crippen LogP contribution < -0.4 is 5.73 Å². The molecular weight excluding hydrogens is 247 g/mol. The Morgan fingerprint density at radius 2 is 2.22 bits per heavy atom. The molecule has 100 valence electrons. The van der Waals surface area contributed by atoms with E-state index in [0.717, 1.165) is 23.5 Å². The van der Waals surface area contributed by atoms with Gasteiger partial charge < -0.3 is 5.73 Å². The third-order valence-electron chi connectivity index (χ3n) is 4.15. The first-order chi connectivity index (χ1) is 8.60. The third-order valence-corrected chi connectivity index (χ3v) is 5.38. The van der Waals surface area contributed by atoms with Gasteiger partial charge in [-0.15, -0.1) is 0 Å². The minimum atomic E-state index is -0.130. The Kier molecular flexibility index (Phi) is 4.30. The molecule has 0 spiro atoms. The highest BCUT2D eigenvalue weighted by atomic mass is 32.2. The maximum absolute atomic E-state index is 13.9. The number of benzene rings is 1. The highest BCUT2D eigenvalue weighted by molar-refractivity contribution is 7.99. The van der Waals surface area contributed by atoms with Gasteiger partial charge in [0.05, 0.1) is 0 Å². The molecule has 0 aliphatic carbocycles. The van der Waals surface area contributed by atoms with Crippen LogP contribution in [0.5, 0.6) is 0 Å². The van der Waals surface area contributed by atoms with Gasteiger partial charge in [0.1, 0.15) is 5.82 Å². The second-order valence-electron chi connectivity index (χ2n) is 5.04. The molecule has 2 atom stereocenters. The maximum atomic E-state index is 13.9. The maximum Gasteiger partial charge on any atom is 0.127 e. The van der Waals surface area contributed by atoms with E-state index in [1.807, 2.05) is 23.9 Å². The molecule has 4 heteroatoms. The number of hydrogen-bond acceptors (Lipinski definition) is 3. The molecule has 0 aromatic heterocycles. The quantitative estimate of drug-likeness (QED) is 0.910. The van der Waals surface area contributed by atoms with Crippen LogP contribution in [-0.4, -0.2) is 35.5 Å². The molecule has 1 fully saturated rings. The van der Waals surface area contributed by atoms with Crippen molar-refractivity contribution in [1.82, 2.24) is 4.90 Å². The number of likely N-dealkylation sites (N-methyl/N-ethyl adjacent to an activating group) is 1. The topological polar surface area (TPSA) is 29.3 Å². The summed E-state index contributed by atoms with van der Waals surface area (Å²) in [5.74, 6) is 2.05. The van der Waals surface area contributed by atoms with E-state index in [4.69, 9.17) is 5.73 Å². The standard InChI is InChI=1S/C14H21FN2S/c1-11(12-5-3-4-6-13(12)15)17(2)14(9-16)7-8-18-10-14/h3-6,11H,7-10,16H2,1-2H3. The summed E-state index contributed by atoms with van der Waals surface area (Å²) in [6.45, 7) is 2.69. The van der Waals surface area contributed by atoms with Crippen LogP contribution >= 0.6 is 11.8 Å². The summed E-state index contributed by atoms with van der Waals surface area (Å²) < 4.78 is 13.9. The highest BCUT2D eigenvalue weighted by Gasteiger charge is 2.39. The van der Waals surface area contributed by atoms with Gasteiger partial charge in [-0.3, -0.25) is 4.90 Å². The molecule has 1 aliphatic rings. The van der Waals surface area contributed by atoms with Crippen LogP contribution in [0, 0.1) is 5.82 Å². The minimum absolute atomic E-state index is 0.0202. The number of thioether (sulfide) groups is 1. The van der Waals surface area contributed by atoms with Crippen molar-refractivity contribution in [2.45, 2.75) is 24.9 Å². The first-order valence-electron chi connectivity index (χ1n) is 6.36. The summed E-state index contributed by atoms with van der Waals surface area (Å²) >= 11 is 1.94. The molecule has 1 aromatic carbocycles. The minimum Gasteiger partial charge on any atom is -0.329 e. The van der Waals surface area contributed by atoms with E-state index >= 15 is 0 Å². The van der Waals surface area contributed by atoms with E-state index in [-0.39, 0.29) is 17.4 Å². The fourth-order valence-corrected chi connectivity index (χ4v) is 4.13. The second-order valence-corrected chi connectivity index (χ2v) is 6.14. The summed E-state index contributed by atoms with van der Waals surface area (Å²) in [6, 6.07) is 7.06. The number of nitrogens with zero attached hydrogens (tertiary/aromatic N) is 1. The lowest BCUT2D eigenvalue weighted by molar-refractivity contribution is 0.105. The fourth-order valence-electron chi connectivity index (χ4n) is 2.61. The van der Waals surface area contributed by atoms with E-state index < -0.39 is 0 Å². The number of nitrogens with two attached hydrogens (primary N) is 1. The lowest BCUT2D eigenvalue weighted by Crippen LogP contribution is -2.53. The Morgan fingerprint density at radius 1 is 1.50 bits per heavy atom. The summed E-state index contributed by atoms with van der Waals surface area (Å²) in [6.07, 6.45) is 1.09. The van der Waals surface area contributed by atoms with E-state index in [1.54, 1.807) is 6.07 Å². The fraction of sp³-hybridized carbons (Fsp3) is 0.571. The largest absolute Gasteiger partial charge is 0.329 e. The predicted octanol–water partition coefficient (Wildman–Crippen LogP) is 2.65. The van der Waals surface area contributed by atoms with Crippen LogP contribution in [0.1, 0.15) is 24.9 Å². The highest BCUT2D eigenvalue weighted by Crippen LogP contribution is 2.37. The molecule has 2 N–H and O–H groups in total. The van der Waals surface area contributed by atoms with Gasteiger partial charge in [0.2, 0.25) is 0 Å². The van der Waals surface area contributed by atoms with Gasteiger partial charge >= 0.3 is 0 Å². The van der Waals surface area contributed by atoms with Crippen molar-refractivity contribution in [3.05, 3.63) is 35.6 Å². The summed E-state index contributed by atoms with van der Waals surface area (Å²) in [7, 11) is 2.07. The number of halogens is 1. The van der Waals surface area contributed by atoms with Gasteiger partial charge in [-0.2, -0.15) is 11.8 Å². The van der Waals surface area contributed by atoms with Crippen molar-refractivity contribution < 1.29 is 4.39 Å². The number of hydrogen-bond donors (Lipinski definition) is 1. The Labute approximate surface area is 113 Å². The summed E-state index contributed by atoms with van der Waals surface area (Å²) in [5, 5.41) is 0. The summed E-state index contributed by atoms with van der Waals surface area (Å²) in [5.41, 5.74) is 6.75. The van der Waals surface area contributed by atoms with Crippen LogP contribution in [0.4, 0.5) is 4.39 Å². The Hall–Kier alpha value is -0.580. The van der Waals surface area contributed by atoms with Crippen LogP contribution in [0.3, 0.4) is 0 Å². The first kappa shape index (κ1) is 13.8. The van der Waals surface area contributed by atoms with Gasteiger partial charge in [-0.05, 0) is 32.2 Å². The molecule has 0 saturated carbocycles. The van der Waals surface area contributed by atoms with Crippen molar-refractivity contribution in [2.24, 2.45) is 5.73 Å². The monoisotopic (exact) mass is 268 g/mol. The van der Waals surface area contributed by atoms with Crippen LogP contribution in [0.2, 0.25) is 0 Å². The van der Waals surface area contributed by atoms with Crippen molar-refractivity contribution in [3.63, 3.8) is 0 Å². The molecular formula is C14H21FN2S. The second kappa shape index (κ2) is 5.59. The zero-order valence-corrected chi connectivity index (χ0v) is 11.8. The van der Waals surface area contributed by atoms with Crippen LogP contribution in [0.15, 0.2) is 24.3 Å². The van der Waals surface area contributed by atoms with Gasteiger partial charge in [0.15, 0.2) is 0 Å². The van der Waals surface area contributed by atoms with Gasteiger partial charge in [0.25, 0.3) is 0 Å². The zero-order valence-electron chi connectivity index (χ0n) is 11.0. The molecule has 0 radical (unpaired) electrons. The van der Waals surface area contributed by atoms with Crippen molar-refractivity contribution in [3.8, 4) is 0 Å². The molecule has 2 rings (SSSR count). The van der Waals surface area contributed by atoms with Crippen LogP contribution in [-0.2, 0) is 0 Å². The van der Waals surface area contributed by atoms with Crippen LogP contribution in [0.25, 0.3) is 0 Å². The molecule has 1 aliphatic heterocycles. The Balaban J connectivity index is 2.23. The van der Waals surface area contributed by atoms with Crippen molar-refractivity contribution >= 4 is 11.8 Å². The van der Waals surface area contributed by atoms with E-state index in [2.05, 4.69) is 18.9 Å². The molecule has 1 saturated heterocycles. The lowest BCUT2D eigenvalue weighted by Gasteiger charge is -2.41. The molecule has 2 unspecified atom stereocenters. The Morgan fingerprint density at radius 3 is 2.78 bits per heavy atom. The van der Waals surface area contributed by atoms with E-state index in [0.29, 0.717) is 6.54 Å². The smallest absolute Gasteiger partial charge is 0.127 e. The van der Waals surface area contributed by atoms with Gasteiger partial charge in [0, 0.05) is 29.4 Å². The van der Waals surface area contributed by atoms with E-state index in [1.165, 1.54) is 6.07 Å². The van der Waals surface area contributed by atoms with Gasteiger partial charge in [-0.1, -0.05) is 18.2 Å². The van der Waals surface area contributed by atoms with Gasteiger partial charge in [-0.25, -0.2) is 4.39 Å². The molecule has 1 aromatic rings. The predicted molar refractivity (Wildman–Crippen MR) is 76.3 cm³/mol. The van der Waals surface area contributed by atoms with Crippen molar-refractivity contribution in [1.29, 1.82) is 0 Å². The molecule has 0 bridgehead atoms. The molecule has 0 amide bonds. The average molecular weight is 268 g/mol. The molecule has 1 heterocycles.